The van der Waals surface area contributed by atoms with Gasteiger partial charge in [-0.1, -0.05) is 42.5 Å². The van der Waals surface area contributed by atoms with Crippen molar-refractivity contribution in [1.82, 2.24) is 9.38 Å². The number of para-hydroxylation sites is 1. The van der Waals surface area contributed by atoms with E-state index in [-0.39, 0.29) is 12.7 Å². The van der Waals surface area contributed by atoms with E-state index in [9.17, 15) is 4.79 Å². The number of hydrogen-bond acceptors (Lipinski definition) is 4. The van der Waals surface area contributed by atoms with Gasteiger partial charge in [0.15, 0.2) is 11.5 Å². The highest BCUT2D eigenvalue weighted by molar-refractivity contribution is 6.08. The smallest absolute Gasteiger partial charge is 0.260 e. The summed E-state index contributed by atoms with van der Waals surface area (Å²) in [4.78, 5) is 17.9. The van der Waals surface area contributed by atoms with Gasteiger partial charge in [0.1, 0.15) is 17.2 Å². The lowest BCUT2D eigenvalue weighted by atomic mass is 10.1. The van der Waals surface area contributed by atoms with Crippen LogP contribution in [0.15, 0.2) is 66.9 Å². The van der Waals surface area contributed by atoms with Gasteiger partial charge >= 0.3 is 0 Å². The lowest BCUT2D eigenvalue weighted by molar-refractivity contribution is 0.102. The van der Waals surface area contributed by atoms with Gasteiger partial charge in [0.2, 0.25) is 6.79 Å². The predicted molar refractivity (Wildman–Crippen MR) is 106 cm³/mol. The number of rotatable bonds is 3. The van der Waals surface area contributed by atoms with Crippen molar-refractivity contribution < 1.29 is 14.3 Å². The molecule has 0 unspecified atom stereocenters. The fraction of sp³-hybridized carbons (Fsp3) is 0.0909. The number of hydrogen-bond donors (Lipinski definition) is 1. The molecular formula is C22H17N3O3. The van der Waals surface area contributed by atoms with Gasteiger partial charge in [0.05, 0.1) is 5.56 Å². The monoisotopic (exact) mass is 371 g/mol. The van der Waals surface area contributed by atoms with E-state index in [4.69, 9.17) is 14.5 Å². The van der Waals surface area contributed by atoms with Gasteiger partial charge in [0, 0.05) is 11.8 Å². The average molecular weight is 371 g/mol. The number of carbonyl (C=O) groups is 1. The Kier molecular flexibility index (Phi) is 3.76. The summed E-state index contributed by atoms with van der Waals surface area (Å²) in [5, 5.41) is 3.03. The highest BCUT2D eigenvalue weighted by Gasteiger charge is 2.24. The zero-order valence-corrected chi connectivity index (χ0v) is 15.2. The molecule has 0 radical (unpaired) electrons. The van der Waals surface area contributed by atoms with Gasteiger partial charge < -0.3 is 14.8 Å². The molecular weight excluding hydrogens is 354 g/mol. The number of nitrogens with zero attached hydrogens (tertiary/aromatic N) is 2. The zero-order valence-electron chi connectivity index (χ0n) is 15.2. The largest absolute Gasteiger partial charge is 0.454 e. The maximum Gasteiger partial charge on any atom is 0.260 e. The molecule has 0 spiro atoms. The van der Waals surface area contributed by atoms with Crippen molar-refractivity contribution >= 4 is 17.4 Å². The summed E-state index contributed by atoms with van der Waals surface area (Å²) in [5.74, 6) is 1.38. The number of anilines is 1. The summed E-state index contributed by atoms with van der Waals surface area (Å²) in [6, 6.07) is 19.0. The van der Waals surface area contributed by atoms with E-state index in [2.05, 4.69) is 5.32 Å². The van der Waals surface area contributed by atoms with E-state index in [1.54, 1.807) is 18.2 Å². The summed E-state index contributed by atoms with van der Waals surface area (Å²) in [6.45, 7) is 2.11. The van der Waals surface area contributed by atoms with E-state index in [0.717, 1.165) is 16.8 Å². The number of imidazole rings is 1. The van der Waals surface area contributed by atoms with Crippen molar-refractivity contribution in [1.29, 1.82) is 0 Å². The van der Waals surface area contributed by atoms with Gasteiger partial charge in [-0.05, 0) is 30.7 Å². The third-order valence-electron chi connectivity index (χ3n) is 4.77. The second-order valence-corrected chi connectivity index (χ2v) is 6.55. The molecule has 1 N–H and O–H groups in total. The minimum atomic E-state index is -0.275. The molecule has 6 nitrogen and oxygen atoms in total. The van der Waals surface area contributed by atoms with E-state index in [1.165, 1.54) is 0 Å². The van der Waals surface area contributed by atoms with Crippen LogP contribution in [-0.4, -0.2) is 22.1 Å². The Hall–Kier alpha value is -3.80. The van der Waals surface area contributed by atoms with E-state index >= 15 is 0 Å². The number of aryl methyl sites for hydroxylation is 1. The number of benzene rings is 2. The number of ether oxygens (including phenoxy) is 2. The molecule has 2 aromatic carbocycles. The third kappa shape index (κ3) is 2.58. The normalized spacial score (nSPS) is 12.3. The first-order chi connectivity index (χ1) is 13.7. The standard InChI is InChI=1S/C22H17N3O3/c1-14-7-6-12-25-20(14)23-18(15-8-3-2-4-9-15)21(25)24-22(26)16-10-5-11-17-19(16)28-13-27-17/h2-12H,13H2,1H3,(H,24,26). The van der Waals surface area contributed by atoms with Gasteiger partial charge in [-0.3, -0.25) is 9.20 Å². The second kappa shape index (κ2) is 6.42. The van der Waals surface area contributed by atoms with Gasteiger partial charge in [-0.25, -0.2) is 4.98 Å². The quantitative estimate of drug-likeness (QED) is 0.583. The third-order valence-corrected chi connectivity index (χ3v) is 4.77. The van der Waals surface area contributed by atoms with Crippen molar-refractivity contribution in [2.24, 2.45) is 0 Å². The maximum atomic E-state index is 13.1. The fourth-order valence-electron chi connectivity index (χ4n) is 3.40. The second-order valence-electron chi connectivity index (χ2n) is 6.55. The topological polar surface area (TPSA) is 64.9 Å². The Morgan fingerprint density at radius 1 is 1.04 bits per heavy atom. The Labute approximate surface area is 161 Å². The Balaban J connectivity index is 1.64. The SMILES string of the molecule is Cc1cccn2c(NC(=O)c3cccc4c3OCO4)c(-c3ccccc3)nc12. The van der Waals surface area contributed by atoms with Crippen molar-refractivity contribution in [3.63, 3.8) is 0 Å². The molecule has 5 rings (SSSR count). The number of carbonyl (C=O) groups excluding carboxylic acids is 1. The van der Waals surface area contributed by atoms with Crippen LogP contribution in [0.4, 0.5) is 5.82 Å². The van der Waals surface area contributed by atoms with Crippen LogP contribution in [-0.2, 0) is 0 Å². The van der Waals surface area contributed by atoms with Crippen LogP contribution in [0.5, 0.6) is 11.5 Å². The molecule has 3 heterocycles. The maximum absolute atomic E-state index is 13.1. The van der Waals surface area contributed by atoms with Gasteiger partial charge in [0.25, 0.3) is 5.91 Å². The van der Waals surface area contributed by atoms with Crippen molar-refractivity contribution in [3.05, 3.63) is 78.0 Å². The molecule has 0 saturated carbocycles. The molecule has 0 bridgehead atoms. The lowest BCUT2D eigenvalue weighted by Crippen LogP contribution is -2.15. The molecule has 0 saturated heterocycles. The molecule has 2 aromatic heterocycles. The highest BCUT2D eigenvalue weighted by atomic mass is 16.7. The van der Waals surface area contributed by atoms with Crippen molar-refractivity contribution in [2.75, 3.05) is 12.1 Å². The van der Waals surface area contributed by atoms with E-state index in [0.29, 0.717) is 28.6 Å². The number of aromatic nitrogens is 2. The summed E-state index contributed by atoms with van der Waals surface area (Å²) in [6.07, 6.45) is 1.90. The molecule has 0 aliphatic carbocycles. The molecule has 0 atom stereocenters. The lowest BCUT2D eigenvalue weighted by Gasteiger charge is -2.10. The van der Waals surface area contributed by atoms with Crippen molar-refractivity contribution in [3.8, 4) is 22.8 Å². The molecule has 28 heavy (non-hydrogen) atoms. The summed E-state index contributed by atoms with van der Waals surface area (Å²) < 4.78 is 12.8. The van der Waals surface area contributed by atoms with Crippen LogP contribution in [0.3, 0.4) is 0 Å². The molecule has 1 aliphatic rings. The number of nitrogens with one attached hydrogen (secondary N) is 1. The number of amides is 1. The van der Waals surface area contributed by atoms with Crippen LogP contribution in [0.1, 0.15) is 15.9 Å². The minimum Gasteiger partial charge on any atom is -0.454 e. The number of fused-ring (bicyclic) bond motifs is 2. The first-order valence-electron chi connectivity index (χ1n) is 8.95. The van der Waals surface area contributed by atoms with E-state index in [1.807, 2.05) is 60.0 Å². The molecule has 6 heteroatoms. The fourth-order valence-corrected chi connectivity index (χ4v) is 3.40. The molecule has 138 valence electrons. The summed E-state index contributed by atoms with van der Waals surface area (Å²) in [5.41, 5.74) is 3.90. The molecule has 1 amide bonds. The first-order valence-corrected chi connectivity index (χ1v) is 8.95. The van der Waals surface area contributed by atoms with Gasteiger partial charge in [-0.2, -0.15) is 0 Å². The van der Waals surface area contributed by atoms with Crippen LogP contribution in [0.25, 0.3) is 16.9 Å². The van der Waals surface area contributed by atoms with Crippen LogP contribution in [0, 0.1) is 6.92 Å². The Morgan fingerprint density at radius 2 is 1.89 bits per heavy atom. The van der Waals surface area contributed by atoms with Crippen LogP contribution in [0.2, 0.25) is 0 Å². The highest BCUT2D eigenvalue weighted by Crippen LogP contribution is 2.36. The van der Waals surface area contributed by atoms with Gasteiger partial charge in [-0.15, -0.1) is 0 Å². The predicted octanol–water partition coefficient (Wildman–Crippen LogP) is 4.29. The zero-order chi connectivity index (χ0) is 19.1. The molecule has 0 fully saturated rings. The van der Waals surface area contributed by atoms with Crippen LogP contribution >= 0.6 is 0 Å². The first kappa shape index (κ1) is 16.4. The Morgan fingerprint density at radius 3 is 2.75 bits per heavy atom. The summed E-state index contributed by atoms with van der Waals surface area (Å²) >= 11 is 0. The minimum absolute atomic E-state index is 0.115. The summed E-state index contributed by atoms with van der Waals surface area (Å²) in [7, 11) is 0. The Bertz CT molecular complexity index is 1200. The average Bonchev–Trinajstić information content (AvgIpc) is 3.34. The van der Waals surface area contributed by atoms with E-state index < -0.39 is 0 Å². The van der Waals surface area contributed by atoms with Crippen LogP contribution < -0.4 is 14.8 Å². The molecule has 1 aliphatic heterocycles. The van der Waals surface area contributed by atoms with Crippen molar-refractivity contribution in [2.45, 2.75) is 6.92 Å². The number of pyridine rings is 1. The molecule has 4 aromatic rings.